The molecule has 126 valence electrons. The highest BCUT2D eigenvalue weighted by atomic mass is 79.9. The lowest BCUT2D eigenvalue weighted by Crippen LogP contribution is -2.21. The number of halogens is 1. The van der Waals surface area contributed by atoms with Crippen LogP contribution < -0.4 is 5.32 Å². The highest BCUT2D eigenvalue weighted by Crippen LogP contribution is 2.19. The molecular formula is C18H18BrNO4. The molecule has 0 atom stereocenters. The van der Waals surface area contributed by atoms with E-state index in [-0.39, 0.29) is 6.61 Å². The summed E-state index contributed by atoms with van der Waals surface area (Å²) in [5.41, 5.74) is 2.90. The summed E-state index contributed by atoms with van der Waals surface area (Å²) in [4.78, 5) is 23.9. The van der Waals surface area contributed by atoms with E-state index in [1.54, 1.807) is 31.4 Å². The Kier molecular flexibility index (Phi) is 6.52. The van der Waals surface area contributed by atoms with E-state index < -0.39 is 11.9 Å². The van der Waals surface area contributed by atoms with Crippen molar-refractivity contribution in [3.63, 3.8) is 0 Å². The van der Waals surface area contributed by atoms with Crippen molar-refractivity contribution in [2.75, 3.05) is 19.0 Å². The predicted molar refractivity (Wildman–Crippen MR) is 94.9 cm³/mol. The molecule has 5 nitrogen and oxygen atoms in total. The molecule has 0 aliphatic carbocycles. The quantitative estimate of drug-likeness (QED) is 0.762. The maximum atomic E-state index is 12.0. The van der Waals surface area contributed by atoms with Crippen LogP contribution in [0.1, 0.15) is 21.5 Å². The van der Waals surface area contributed by atoms with Gasteiger partial charge in [-0.05, 0) is 48.4 Å². The Balaban J connectivity index is 1.90. The number of benzene rings is 2. The third-order valence-corrected chi connectivity index (χ3v) is 4.14. The van der Waals surface area contributed by atoms with E-state index in [9.17, 15) is 9.59 Å². The van der Waals surface area contributed by atoms with Crippen LogP contribution in [0, 0.1) is 6.92 Å². The average molecular weight is 392 g/mol. The summed E-state index contributed by atoms with van der Waals surface area (Å²) >= 11 is 3.40. The van der Waals surface area contributed by atoms with Crippen LogP contribution in [0.15, 0.2) is 46.9 Å². The van der Waals surface area contributed by atoms with E-state index in [1.165, 1.54) is 0 Å². The Hall–Kier alpha value is -2.18. The number of esters is 1. The van der Waals surface area contributed by atoms with Crippen LogP contribution in [0.3, 0.4) is 0 Å². The summed E-state index contributed by atoms with van der Waals surface area (Å²) in [5, 5.41) is 2.69. The van der Waals surface area contributed by atoms with Gasteiger partial charge < -0.3 is 14.8 Å². The molecule has 2 rings (SSSR count). The summed E-state index contributed by atoms with van der Waals surface area (Å²) in [6, 6.07) is 12.4. The SMILES string of the molecule is COCc1cccc(C(=O)OCC(=O)Nc2ccc(Br)c(C)c2)c1. The molecule has 2 aromatic rings. The summed E-state index contributed by atoms with van der Waals surface area (Å²) in [5.74, 6) is -0.937. The number of amides is 1. The minimum absolute atomic E-state index is 0.345. The maximum absolute atomic E-state index is 12.0. The summed E-state index contributed by atoms with van der Waals surface area (Å²) in [6.07, 6.45) is 0. The maximum Gasteiger partial charge on any atom is 0.338 e. The molecule has 2 aromatic carbocycles. The second-order valence-electron chi connectivity index (χ2n) is 5.22. The first-order chi connectivity index (χ1) is 11.5. The molecule has 0 aliphatic heterocycles. The number of rotatable bonds is 6. The summed E-state index contributed by atoms with van der Waals surface area (Å²) in [7, 11) is 1.58. The summed E-state index contributed by atoms with van der Waals surface area (Å²) in [6.45, 7) is 1.99. The molecule has 1 N–H and O–H groups in total. The number of anilines is 1. The lowest BCUT2D eigenvalue weighted by Gasteiger charge is -2.08. The third kappa shape index (κ3) is 5.18. The van der Waals surface area contributed by atoms with Crippen molar-refractivity contribution >= 4 is 33.5 Å². The Morgan fingerprint density at radius 3 is 2.67 bits per heavy atom. The van der Waals surface area contributed by atoms with Crippen molar-refractivity contribution < 1.29 is 19.1 Å². The number of hydrogen-bond donors (Lipinski definition) is 1. The van der Waals surface area contributed by atoms with E-state index >= 15 is 0 Å². The fraction of sp³-hybridized carbons (Fsp3) is 0.222. The molecule has 1 amide bonds. The van der Waals surface area contributed by atoms with E-state index in [2.05, 4.69) is 21.2 Å². The van der Waals surface area contributed by atoms with Gasteiger partial charge in [0.15, 0.2) is 6.61 Å². The molecule has 0 fully saturated rings. The lowest BCUT2D eigenvalue weighted by atomic mass is 10.1. The van der Waals surface area contributed by atoms with Crippen LogP contribution in [0.4, 0.5) is 5.69 Å². The average Bonchev–Trinajstić information content (AvgIpc) is 2.56. The smallest absolute Gasteiger partial charge is 0.338 e. The van der Waals surface area contributed by atoms with Gasteiger partial charge >= 0.3 is 5.97 Å². The van der Waals surface area contributed by atoms with Crippen LogP contribution in [-0.4, -0.2) is 25.6 Å². The van der Waals surface area contributed by atoms with Crippen molar-refractivity contribution in [3.8, 4) is 0 Å². The van der Waals surface area contributed by atoms with Crippen molar-refractivity contribution in [2.24, 2.45) is 0 Å². The molecular weight excluding hydrogens is 374 g/mol. The number of carbonyl (C=O) groups is 2. The largest absolute Gasteiger partial charge is 0.452 e. The monoisotopic (exact) mass is 391 g/mol. The fourth-order valence-electron chi connectivity index (χ4n) is 2.09. The normalized spacial score (nSPS) is 10.3. The van der Waals surface area contributed by atoms with Gasteiger partial charge in [-0.25, -0.2) is 4.79 Å². The molecule has 0 saturated heterocycles. The molecule has 0 aromatic heterocycles. The topological polar surface area (TPSA) is 64.6 Å². The number of hydrogen-bond acceptors (Lipinski definition) is 4. The van der Waals surface area contributed by atoms with Crippen LogP contribution in [0.2, 0.25) is 0 Å². The van der Waals surface area contributed by atoms with E-state index in [0.717, 1.165) is 15.6 Å². The molecule has 0 spiro atoms. The molecule has 24 heavy (non-hydrogen) atoms. The number of carbonyl (C=O) groups excluding carboxylic acids is 2. The Morgan fingerprint density at radius 1 is 1.17 bits per heavy atom. The predicted octanol–water partition coefficient (Wildman–Crippen LogP) is 3.70. The number of methoxy groups -OCH3 is 1. The van der Waals surface area contributed by atoms with Crippen molar-refractivity contribution in [3.05, 3.63) is 63.6 Å². The van der Waals surface area contributed by atoms with Crippen LogP contribution in [0.5, 0.6) is 0 Å². The minimum Gasteiger partial charge on any atom is -0.452 e. The number of ether oxygens (including phenoxy) is 2. The third-order valence-electron chi connectivity index (χ3n) is 3.25. The van der Waals surface area contributed by atoms with Gasteiger partial charge in [-0.15, -0.1) is 0 Å². The molecule has 0 radical (unpaired) electrons. The van der Waals surface area contributed by atoms with E-state index in [0.29, 0.717) is 17.9 Å². The van der Waals surface area contributed by atoms with Crippen molar-refractivity contribution in [1.82, 2.24) is 0 Å². The van der Waals surface area contributed by atoms with Crippen LogP contribution >= 0.6 is 15.9 Å². The minimum atomic E-state index is -0.546. The summed E-state index contributed by atoms with van der Waals surface area (Å²) < 4.78 is 11.0. The standard InChI is InChI=1S/C18H18BrNO4/c1-12-8-15(6-7-16(12)19)20-17(21)11-24-18(22)14-5-3-4-13(9-14)10-23-2/h3-9H,10-11H2,1-2H3,(H,20,21). The van der Waals surface area contributed by atoms with Gasteiger partial charge in [0.25, 0.3) is 5.91 Å². The Morgan fingerprint density at radius 2 is 1.96 bits per heavy atom. The highest BCUT2D eigenvalue weighted by molar-refractivity contribution is 9.10. The van der Waals surface area contributed by atoms with Gasteiger partial charge in [-0.2, -0.15) is 0 Å². The molecule has 0 aliphatic rings. The van der Waals surface area contributed by atoms with E-state index in [4.69, 9.17) is 9.47 Å². The van der Waals surface area contributed by atoms with Gasteiger partial charge in [0, 0.05) is 17.3 Å². The second-order valence-corrected chi connectivity index (χ2v) is 6.08. The first-order valence-electron chi connectivity index (χ1n) is 7.30. The number of aryl methyl sites for hydroxylation is 1. The zero-order chi connectivity index (χ0) is 17.5. The molecule has 0 unspecified atom stereocenters. The first kappa shape index (κ1) is 18.2. The van der Waals surface area contributed by atoms with Crippen molar-refractivity contribution in [1.29, 1.82) is 0 Å². The Bertz CT molecular complexity index is 746. The number of nitrogens with one attached hydrogen (secondary N) is 1. The van der Waals surface area contributed by atoms with E-state index in [1.807, 2.05) is 25.1 Å². The van der Waals surface area contributed by atoms with Gasteiger partial charge in [0.05, 0.1) is 12.2 Å². The fourth-order valence-corrected chi connectivity index (χ4v) is 2.34. The van der Waals surface area contributed by atoms with Gasteiger partial charge in [0.1, 0.15) is 0 Å². The van der Waals surface area contributed by atoms with Gasteiger partial charge in [-0.3, -0.25) is 4.79 Å². The zero-order valence-corrected chi connectivity index (χ0v) is 15.1. The van der Waals surface area contributed by atoms with Crippen LogP contribution in [-0.2, 0) is 20.9 Å². The highest BCUT2D eigenvalue weighted by Gasteiger charge is 2.11. The van der Waals surface area contributed by atoms with Crippen LogP contribution in [0.25, 0.3) is 0 Å². The van der Waals surface area contributed by atoms with Gasteiger partial charge in [0.2, 0.25) is 0 Å². The first-order valence-corrected chi connectivity index (χ1v) is 8.10. The Labute approximate surface area is 149 Å². The molecule has 6 heteroatoms. The zero-order valence-electron chi connectivity index (χ0n) is 13.5. The second kappa shape index (κ2) is 8.61. The molecule has 0 saturated carbocycles. The molecule has 0 heterocycles. The van der Waals surface area contributed by atoms with Crippen molar-refractivity contribution in [2.45, 2.75) is 13.5 Å². The van der Waals surface area contributed by atoms with Gasteiger partial charge in [-0.1, -0.05) is 28.1 Å². The lowest BCUT2D eigenvalue weighted by molar-refractivity contribution is -0.119. The molecule has 0 bridgehead atoms.